The fourth-order valence-electron chi connectivity index (χ4n) is 2.17. The Morgan fingerprint density at radius 1 is 1.58 bits per heavy atom. The Morgan fingerprint density at radius 3 is 3.00 bits per heavy atom. The summed E-state index contributed by atoms with van der Waals surface area (Å²) in [4.78, 5) is 13.8. The van der Waals surface area contributed by atoms with Crippen molar-refractivity contribution < 1.29 is 14.3 Å². The molecular formula is C12H20N4O3. The number of nitrogens with one attached hydrogen (secondary N) is 1. The molecule has 2 rings (SSSR count). The predicted molar refractivity (Wildman–Crippen MR) is 68.7 cm³/mol. The highest BCUT2D eigenvalue weighted by molar-refractivity contribution is 5.90. The number of rotatable bonds is 5. The van der Waals surface area contributed by atoms with E-state index in [4.69, 9.17) is 4.42 Å². The lowest BCUT2D eigenvalue weighted by Crippen LogP contribution is -2.38. The monoisotopic (exact) mass is 268 g/mol. The minimum absolute atomic E-state index is 0.0830. The SMILES string of the molecule is CC(C)c1nnc(NC(=O)CN2CCC[C@H]2CO)o1. The van der Waals surface area contributed by atoms with E-state index in [1.54, 1.807) is 0 Å². The molecule has 1 aromatic rings. The lowest BCUT2D eigenvalue weighted by atomic mass is 10.2. The first-order valence-electron chi connectivity index (χ1n) is 6.58. The molecule has 0 spiro atoms. The Kier molecular flexibility index (Phi) is 4.49. The van der Waals surface area contributed by atoms with Gasteiger partial charge in [0.05, 0.1) is 13.2 Å². The van der Waals surface area contributed by atoms with Crippen molar-refractivity contribution in [3.8, 4) is 0 Å². The van der Waals surface area contributed by atoms with Crippen LogP contribution in [0.15, 0.2) is 4.42 Å². The summed E-state index contributed by atoms with van der Waals surface area (Å²) < 4.78 is 5.31. The third-order valence-electron chi connectivity index (χ3n) is 3.24. The molecule has 1 aromatic heterocycles. The molecule has 1 aliphatic heterocycles. The Bertz CT molecular complexity index is 432. The van der Waals surface area contributed by atoms with Gasteiger partial charge in [0, 0.05) is 12.0 Å². The van der Waals surface area contributed by atoms with Gasteiger partial charge in [-0.2, -0.15) is 0 Å². The smallest absolute Gasteiger partial charge is 0.322 e. The van der Waals surface area contributed by atoms with Crippen molar-refractivity contribution in [1.29, 1.82) is 0 Å². The molecular weight excluding hydrogens is 248 g/mol. The van der Waals surface area contributed by atoms with Gasteiger partial charge < -0.3 is 9.52 Å². The van der Waals surface area contributed by atoms with E-state index in [1.807, 2.05) is 18.7 Å². The molecule has 0 bridgehead atoms. The lowest BCUT2D eigenvalue weighted by molar-refractivity contribution is -0.117. The summed E-state index contributed by atoms with van der Waals surface area (Å²) in [7, 11) is 0. The van der Waals surface area contributed by atoms with Gasteiger partial charge in [-0.15, -0.1) is 5.10 Å². The van der Waals surface area contributed by atoms with Gasteiger partial charge in [0.1, 0.15) is 0 Å². The van der Waals surface area contributed by atoms with Crippen LogP contribution in [0, 0.1) is 0 Å². The maximum Gasteiger partial charge on any atom is 0.322 e. The number of aliphatic hydroxyl groups is 1. The van der Waals surface area contributed by atoms with Gasteiger partial charge in [0.15, 0.2) is 0 Å². The molecule has 0 saturated carbocycles. The maximum absolute atomic E-state index is 11.8. The summed E-state index contributed by atoms with van der Waals surface area (Å²) >= 11 is 0. The number of nitrogens with zero attached hydrogens (tertiary/aromatic N) is 3. The first-order valence-corrected chi connectivity index (χ1v) is 6.58. The quantitative estimate of drug-likeness (QED) is 0.812. The van der Waals surface area contributed by atoms with Gasteiger partial charge in [-0.25, -0.2) is 0 Å². The highest BCUT2D eigenvalue weighted by Crippen LogP contribution is 2.17. The molecule has 2 heterocycles. The van der Waals surface area contributed by atoms with Crippen molar-refractivity contribution in [3.63, 3.8) is 0 Å². The summed E-state index contributed by atoms with van der Waals surface area (Å²) in [5.74, 6) is 0.444. The molecule has 7 nitrogen and oxygen atoms in total. The molecule has 0 unspecified atom stereocenters. The standard InChI is InChI=1S/C12H20N4O3/c1-8(2)11-14-15-12(19-11)13-10(18)6-16-5-3-4-9(16)7-17/h8-9,17H,3-7H2,1-2H3,(H,13,15,18)/t9-/m0/s1. The minimum Gasteiger partial charge on any atom is -0.408 e. The number of likely N-dealkylation sites (tertiary alicyclic amines) is 1. The number of aliphatic hydroxyl groups excluding tert-OH is 1. The lowest BCUT2D eigenvalue weighted by Gasteiger charge is -2.21. The fraction of sp³-hybridized carbons (Fsp3) is 0.750. The molecule has 7 heteroatoms. The van der Waals surface area contributed by atoms with Crippen LogP contribution in [-0.4, -0.2) is 51.8 Å². The van der Waals surface area contributed by atoms with Gasteiger partial charge in [-0.05, 0) is 19.4 Å². The topological polar surface area (TPSA) is 91.5 Å². The number of amides is 1. The minimum atomic E-state index is -0.195. The van der Waals surface area contributed by atoms with Crippen molar-refractivity contribution in [2.24, 2.45) is 0 Å². The first kappa shape index (κ1) is 14.0. The van der Waals surface area contributed by atoms with E-state index in [2.05, 4.69) is 15.5 Å². The van der Waals surface area contributed by atoms with E-state index in [9.17, 15) is 9.90 Å². The molecule has 0 aromatic carbocycles. The maximum atomic E-state index is 11.8. The van der Waals surface area contributed by atoms with Crippen molar-refractivity contribution in [3.05, 3.63) is 5.89 Å². The summed E-state index contributed by atoms with van der Waals surface area (Å²) in [6.07, 6.45) is 1.94. The van der Waals surface area contributed by atoms with Crippen LogP contribution in [0.3, 0.4) is 0 Å². The van der Waals surface area contributed by atoms with Crippen molar-refractivity contribution in [2.45, 2.75) is 38.6 Å². The van der Waals surface area contributed by atoms with E-state index in [1.165, 1.54) is 0 Å². The van der Waals surface area contributed by atoms with Gasteiger partial charge in [-0.1, -0.05) is 18.9 Å². The van der Waals surface area contributed by atoms with Gasteiger partial charge >= 0.3 is 6.01 Å². The summed E-state index contributed by atoms with van der Waals surface area (Å²) in [6.45, 7) is 5.04. The van der Waals surface area contributed by atoms with Crippen LogP contribution in [0.1, 0.15) is 38.5 Å². The van der Waals surface area contributed by atoms with E-state index >= 15 is 0 Å². The van der Waals surface area contributed by atoms with Crippen LogP contribution in [0.2, 0.25) is 0 Å². The van der Waals surface area contributed by atoms with Crippen molar-refractivity contribution >= 4 is 11.9 Å². The van der Waals surface area contributed by atoms with Gasteiger partial charge in [0.2, 0.25) is 11.8 Å². The zero-order chi connectivity index (χ0) is 13.8. The molecule has 106 valence electrons. The average molecular weight is 268 g/mol. The zero-order valence-corrected chi connectivity index (χ0v) is 11.3. The number of aromatic nitrogens is 2. The number of hydrogen-bond donors (Lipinski definition) is 2. The molecule has 0 radical (unpaired) electrons. The van der Waals surface area contributed by atoms with E-state index in [0.717, 1.165) is 19.4 Å². The van der Waals surface area contributed by atoms with Crippen LogP contribution in [0.25, 0.3) is 0 Å². The number of hydrogen-bond acceptors (Lipinski definition) is 6. The molecule has 1 saturated heterocycles. The molecule has 0 aliphatic carbocycles. The molecule has 1 amide bonds. The van der Waals surface area contributed by atoms with Crippen molar-refractivity contribution in [2.75, 3.05) is 25.0 Å². The highest BCUT2D eigenvalue weighted by atomic mass is 16.4. The number of anilines is 1. The summed E-state index contributed by atoms with van der Waals surface area (Å²) in [6, 6.07) is 0.216. The second-order valence-corrected chi connectivity index (χ2v) is 5.10. The van der Waals surface area contributed by atoms with E-state index < -0.39 is 0 Å². The van der Waals surface area contributed by atoms with Gasteiger partial charge in [0.25, 0.3) is 0 Å². The van der Waals surface area contributed by atoms with E-state index in [-0.39, 0.29) is 37.0 Å². The van der Waals surface area contributed by atoms with Crippen LogP contribution in [0.4, 0.5) is 6.01 Å². The van der Waals surface area contributed by atoms with Crippen LogP contribution in [0.5, 0.6) is 0 Å². The number of carbonyl (C=O) groups is 1. The fourth-order valence-corrected chi connectivity index (χ4v) is 2.17. The molecule has 1 atom stereocenters. The zero-order valence-electron chi connectivity index (χ0n) is 11.3. The molecule has 19 heavy (non-hydrogen) atoms. The predicted octanol–water partition coefficient (Wildman–Crippen LogP) is 0.588. The molecule has 2 N–H and O–H groups in total. The first-order chi connectivity index (χ1) is 9.10. The number of carbonyl (C=O) groups excluding carboxylic acids is 1. The second-order valence-electron chi connectivity index (χ2n) is 5.10. The molecule has 1 fully saturated rings. The Labute approximate surface area is 112 Å². The Morgan fingerprint density at radius 2 is 2.37 bits per heavy atom. The van der Waals surface area contributed by atoms with Crippen LogP contribution < -0.4 is 5.32 Å². The van der Waals surface area contributed by atoms with Crippen LogP contribution >= 0.6 is 0 Å². The van der Waals surface area contributed by atoms with Crippen LogP contribution in [-0.2, 0) is 4.79 Å². The summed E-state index contributed by atoms with van der Waals surface area (Å²) in [5.41, 5.74) is 0. The van der Waals surface area contributed by atoms with Gasteiger partial charge in [-0.3, -0.25) is 15.0 Å². The third kappa shape index (κ3) is 3.51. The molecule has 1 aliphatic rings. The normalized spacial score (nSPS) is 20.1. The Balaban J connectivity index is 1.86. The average Bonchev–Trinajstić information content (AvgIpc) is 2.97. The largest absolute Gasteiger partial charge is 0.408 e. The Hall–Kier alpha value is -1.47. The highest BCUT2D eigenvalue weighted by Gasteiger charge is 2.25. The third-order valence-corrected chi connectivity index (χ3v) is 3.24. The summed E-state index contributed by atoms with van der Waals surface area (Å²) in [5, 5.41) is 19.4. The van der Waals surface area contributed by atoms with Crippen molar-refractivity contribution in [1.82, 2.24) is 15.1 Å². The second kappa shape index (κ2) is 6.12. The van der Waals surface area contributed by atoms with E-state index in [0.29, 0.717) is 5.89 Å².